The summed E-state index contributed by atoms with van der Waals surface area (Å²) in [4.78, 5) is 1.97. The molecule has 1 rings (SSSR count). The van der Waals surface area contributed by atoms with Crippen LogP contribution in [0.5, 0.6) is 5.75 Å². The van der Waals surface area contributed by atoms with E-state index in [4.69, 9.17) is 16.3 Å². The standard InChI is InChI=1S/C14H23ClN2O3S/c1-17(2)14(11-16-21(18,19)9-5-8-15)12-6-4-7-13(10-12)20-3/h4,6-7,10,14,16H,5,8-9,11H2,1-3H3. The topological polar surface area (TPSA) is 58.6 Å². The maximum atomic E-state index is 11.9. The van der Waals surface area contributed by atoms with E-state index in [1.165, 1.54) is 0 Å². The highest BCUT2D eigenvalue weighted by molar-refractivity contribution is 7.89. The molecule has 0 aliphatic carbocycles. The van der Waals surface area contributed by atoms with E-state index in [9.17, 15) is 8.42 Å². The van der Waals surface area contributed by atoms with Crippen molar-refractivity contribution < 1.29 is 13.2 Å². The molecule has 1 aromatic carbocycles. The number of halogens is 1. The summed E-state index contributed by atoms with van der Waals surface area (Å²) >= 11 is 5.54. The zero-order valence-electron chi connectivity index (χ0n) is 12.7. The van der Waals surface area contributed by atoms with Gasteiger partial charge in [0.25, 0.3) is 0 Å². The van der Waals surface area contributed by atoms with Gasteiger partial charge in [0.15, 0.2) is 0 Å². The summed E-state index contributed by atoms with van der Waals surface area (Å²) in [6.45, 7) is 0.310. The maximum absolute atomic E-state index is 11.9. The maximum Gasteiger partial charge on any atom is 0.211 e. The highest BCUT2D eigenvalue weighted by Crippen LogP contribution is 2.22. The van der Waals surface area contributed by atoms with E-state index in [-0.39, 0.29) is 11.8 Å². The quantitative estimate of drug-likeness (QED) is 0.700. The fourth-order valence-corrected chi connectivity index (χ4v) is 3.34. The third-order valence-corrected chi connectivity index (χ3v) is 4.85. The van der Waals surface area contributed by atoms with Gasteiger partial charge in [-0.15, -0.1) is 11.6 Å². The zero-order chi connectivity index (χ0) is 15.9. The Morgan fingerprint density at radius 3 is 2.67 bits per heavy atom. The number of hydrogen-bond donors (Lipinski definition) is 1. The van der Waals surface area contributed by atoms with Gasteiger partial charge in [0, 0.05) is 18.5 Å². The van der Waals surface area contributed by atoms with Gasteiger partial charge in [0.2, 0.25) is 10.0 Å². The molecule has 0 fully saturated rings. The smallest absolute Gasteiger partial charge is 0.211 e. The molecular formula is C14H23ClN2O3S. The summed E-state index contributed by atoms with van der Waals surface area (Å²) in [6, 6.07) is 7.57. The fraction of sp³-hybridized carbons (Fsp3) is 0.571. The van der Waals surface area contributed by atoms with Gasteiger partial charge in [-0.1, -0.05) is 12.1 Å². The minimum absolute atomic E-state index is 0.0504. The lowest BCUT2D eigenvalue weighted by Gasteiger charge is -2.25. The molecule has 0 heterocycles. The van der Waals surface area contributed by atoms with Crippen LogP contribution in [0.4, 0.5) is 0 Å². The van der Waals surface area contributed by atoms with Gasteiger partial charge < -0.3 is 9.64 Å². The summed E-state index contributed by atoms with van der Waals surface area (Å²) in [5.74, 6) is 1.15. The summed E-state index contributed by atoms with van der Waals surface area (Å²) in [7, 11) is 2.15. The van der Waals surface area contributed by atoms with Crippen molar-refractivity contribution in [2.45, 2.75) is 12.5 Å². The molecule has 1 aromatic rings. The Hall–Kier alpha value is -0.820. The van der Waals surface area contributed by atoms with Crippen LogP contribution in [0.1, 0.15) is 18.0 Å². The highest BCUT2D eigenvalue weighted by Gasteiger charge is 2.18. The van der Waals surface area contributed by atoms with Crippen LogP contribution in [0.15, 0.2) is 24.3 Å². The molecule has 0 aliphatic rings. The Morgan fingerprint density at radius 2 is 2.10 bits per heavy atom. The number of nitrogens with zero attached hydrogens (tertiary/aromatic N) is 1. The lowest BCUT2D eigenvalue weighted by atomic mass is 10.1. The first kappa shape index (κ1) is 18.2. The van der Waals surface area contributed by atoms with E-state index in [1.54, 1.807) is 7.11 Å². The first-order valence-corrected chi connectivity index (χ1v) is 8.92. The van der Waals surface area contributed by atoms with Crippen molar-refractivity contribution in [3.05, 3.63) is 29.8 Å². The van der Waals surface area contributed by atoms with Crippen molar-refractivity contribution in [3.63, 3.8) is 0 Å². The van der Waals surface area contributed by atoms with E-state index in [2.05, 4.69) is 4.72 Å². The molecule has 1 N–H and O–H groups in total. The summed E-state index contributed by atoms with van der Waals surface area (Å²) in [5, 5.41) is 0. The molecule has 120 valence electrons. The predicted octanol–water partition coefficient (Wildman–Crippen LogP) is 1.85. The molecule has 0 radical (unpaired) electrons. The second-order valence-electron chi connectivity index (χ2n) is 4.97. The third-order valence-electron chi connectivity index (χ3n) is 3.15. The largest absolute Gasteiger partial charge is 0.497 e. The van der Waals surface area contributed by atoms with Crippen molar-refractivity contribution in [2.24, 2.45) is 0 Å². The SMILES string of the molecule is COc1cccc(C(CNS(=O)(=O)CCCCl)N(C)C)c1. The van der Waals surface area contributed by atoms with Crippen LogP contribution in [-0.2, 0) is 10.0 Å². The van der Waals surface area contributed by atoms with Crippen molar-refractivity contribution in [3.8, 4) is 5.75 Å². The number of rotatable bonds is 9. The van der Waals surface area contributed by atoms with Crippen molar-refractivity contribution in [1.82, 2.24) is 9.62 Å². The molecule has 0 saturated carbocycles. The van der Waals surface area contributed by atoms with Gasteiger partial charge in [-0.2, -0.15) is 0 Å². The normalized spacial score (nSPS) is 13.4. The molecule has 0 aromatic heterocycles. The Balaban J connectivity index is 2.78. The molecule has 5 nitrogen and oxygen atoms in total. The third kappa shape index (κ3) is 6.22. The number of hydrogen-bond acceptors (Lipinski definition) is 4. The summed E-state index contributed by atoms with van der Waals surface area (Å²) < 4.78 is 31.6. The molecular weight excluding hydrogens is 312 g/mol. The number of methoxy groups -OCH3 is 1. The Morgan fingerprint density at radius 1 is 1.38 bits per heavy atom. The molecule has 0 amide bonds. The fourth-order valence-electron chi connectivity index (χ4n) is 1.97. The van der Waals surface area contributed by atoms with Crippen molar-refractivity contribution in [2.75, 3.05) is 39.4 Å². The van der Waals surface area contributed by atoms with Gasteiger partial charge in [-0.05, 0) is 38.2 Å². The average Bonchev–Trinajstić information content (AvgIpc) is 2.45. The second-order valence-corrected chi connectivity index (χ2v) is 7.27. The Bertz CT molecular complexity index is 535. The van der Waals surface area contributed by atoms with Crippen LogP contribution in [0, 0.1) is 0 Å². The van der Waals surface area contributed by atoms with Gasteiger partial charge in [-0.3, -0.25) is 0 Å². The van der Waals surface area contributed by atoms with E-state index >= 15 is 0 Å². The van der Waals surface area contributed by atoms with Gasteiger partial charge in [0.1, 0.15) is 5.75 Å². The number of likely N-dealkylation sites (N-methyl/N-ethyl adjacent to an activating group) is 1. The number of alkyl halides is 1. The van der Waals surface area contributed by atoms with Crippen LogP contribution in [0.25, 0.3) is 0 Å². The lowest BCUT2D eigenvalue weighted by Crippen LogP contribution is -2.35. The number of sulfonamides is 1. The average molecular weight is 335 g/mol. The molecule has 21 heavy (non-hydrogen) atoms. The number of ether oxygens (including phenoxy) is 1. The second kappa shape index (κ2) is 8.58. The molecule has 0 bridgehead atoms. The first-order chi connectivity index (χ1) is 9.89. The molecule has 1 unspecified atom stereocenters. The van der Waals surface area contributed by atoms with E-state index in [0.717, 1.165) is 11.3 Å². The van der Waals surface area contributed by atoms with Crippen molar-refractivity contribution in [1.29, 1.82) is 0 Å². The zero-order valence-corrected chi connectivity index (χ0v) is 14.2. The lowest BCUT2D eigenvalue weighted by molar-refractivity contribution is 0.298. The van der Waals surface area contributed by atoms with E-state index in [0.29, 0.717) is 18.8 Å². The Labute approximate surface area is 132 Å². The van der Waals surface area contributed by atoms with Gasteiger partial charge >= 0.3 is 0 Å². The van der Waals surface area contributed by atoms with Crippen LogP contribution >= 0.6 is 11.6 Å². The van der Waals surface area contributed by atoms with E-state index < -0.39 is 10.0 Å². The summed E-state index contributed by atoms with van der Waals surface area (Å²) in [5.41, 5.74) is 0.999. The molecule has 1 atom stereocenters. The minimum Gasteiger partial charge on any atom is -0.497 e. The van der Waals surface area contributed by atoms with Crippen LogP contribution in [0.2, 0.25) is 0 Å². The molecule has 0 aliphatic heterocycles. The monoisotopic (exact) mass is 334 g/mol. The Kier molecular flexibility index (Phi) is 7.45. The molecule has 0 spiro atoms. The summed E-state index contributed by atoms with van der Waals surface area (Å²) in [6.07, 6.45) is 0.447. The van der Waals surface area contributed by atoms with Crippen LogP contribution in [0.3, 0.4) is 0 Å². The van der Waals surface area contributed by atoms with Crippen LogP contribution < -0.4 is 9.46 Å². The first-order valence-electron chi connectivity index (χ1n) is 6.73. The van der Waals surface area contributed by atoms with Gasteiger partial charge in [-0.25, -0.2) is 13.1 Å². The minimum atomic E-state index is -3.29. The molecule has 7 heteroatoms. The van der Waals surface area contributed by atoms with Crippen LogP contribution in [-0.4, -0.2) is 52.7 Å². The number of benzene rings is 1. The predicted molar refractivity (Wildman–Crippen MR) is 86.5 cm³/mol. The van der Waals surface area contributed by atoms with Crippen molar-refractivity contribution >= 4 is 21.6 Å². The van der Waals surface area contributed by atoms with Gasteiger partial charge in [0.05, 0.1) is 12.9 Å². The number of nitrogens with one attached hydrogen (secondary N) is 1. The highest BCUT2D eigenvalue weighted by atomic mass is 35.5. The van der Waals surface area contributed by atoms with E-state index in [1.807, 2.05) is 43.3 Å². The molecule has 0 saturated heterocycles.